The number of hydrogen-bond donors (Lipinski definition) is 0. The van der Waals surface area contributed by atoms with Gasteiger partial charge in [-0.1, -0.05) is 29.8 Å². The number of hydrogen-bond acceptors (Lipinski definition) is 1. The molecule has 0 aliphatic rings. The molecule has 0 aromatic heterocycles. The van der Waals surface area contributed by atoms with Gasteiger partial charge >= 0.3 is 0 Å². The standard InChI is InChI=1S/C12H16BrNO/c1-9(2)8-12(15)14(3)11-6-4-10(13)5-7-11/h4-7,9H,8H2,1-3H3. The second-order valence-corrected chi connectivity index (χ2v) is 4.94. The fourth-order valence-electron chi connectivity index (χ4n) is 1.29. The van der Waals surface area contributed by atoms with Gasteiger partial charge in [0.1, 0.15) is 0 Å². The summed E-state index contributed by atoms with van der Waals surface area (Å²) in [4.78, 5) is 13.5. The molecule has 1 amide bonds. The maximum atomic E-state index is 11.8. The van der Waals surface area contributed by atoms with Crippen LogP contribution in [0.5, 0.6) is 0 Å². The van der Waals surface area contributed by atoms with Crippen LogP contribution in [0.2, 0.25) is 0 Å². The smallest absolute Gasteiger partial charge is 0.226 e. The molecule has 0 aliphatic carbocycles. The summed E-state index contributed by atoms with van der Waals surface area (Å²) in [6, 6.07) is 7.74. The third-order valence-corrected chi connectivity index (χ3v) is 2.70. The van der Waals surface area contributed by atoms with Crippen molar-refractivity contribution in [1.82, 2.24) is 0 Å². The zero-order chi connectivity index (χ0) is 11.4. The predicted molar refractivity (Wildman–Crippen MR) is 67.0 cm³/mol. The van der Waals surface area contributed by atoms with E-state index in [2.05, 4.69) is 15.9 Å². The second kappa shape index (κ2) is 5.31. The molecular formula is C12H16BrNO. The lowest BCUT2D eigenvalue weighted by Crippen LogP contribution is -2.27. The third-order valence-electron chi connectivity index (χ3n) is 2.17. The molecule has 0 heterocycles. The van der Waals surface area contributed by atoms with E-state index in [1.54, 1.807) is 4.90 Å². The van der Waals surface area contributed by atoms with Crippen molar-refractivity contribution in [2.45, 2.75) is 20.3 Å². The summed E-state index contributed by atoms with van der Waals surface area (Å²) in [7, 11) is 1.81. The van der Waals surface area contributed by atoms with Gasteiger partial charge < -0.3 is 4.90 Å². The van der Waals surface area contributed by atoms with E-state index in [1.807, 2.05) is 45.2 Å². The number of carbonyl (C=O) groups excluding carboxylic acids is 1. The van der Waals surface area contributed by atoms with Gasteiger partial charge in [-0.05, 0) is 30.2 Å². The number of carbonyl (C=O) groups is 1. The maximum absolute atomic E-state index is 11.8. The summed E-state index contributed by atoms with van der Waals surface area (Å²) >= 11 is 3.37. The molecule has 0 aliphatic heterocycles. The lowest BCUT2D eigenvalue weighted by Gasteiger charge is -2.18. The molecule has 0 fully saturated rings. The van der Waals surface area contributed by atoms with Crippen LogP contribution in [0.1, 0.15) is 20.3 Å². The highest BCUT2D eigenvalue weighted by Gasteiger charge is 2.11. The Hall–Kier alpha value is -0.830. The molecule has 0 spiro atoms. The summed E-state index contributed by atoms with van der Waals surface area (Å²) in [5, 5.41) is 0. The van der Waals surface area contributed by atoms with Gasteiger partial charge in [0.05, 0.1) is 0 Å². The van der Waals surface area contributed by atoms with Crippen molar-refractivity contribution in [3.8, 4) is 0 Å². The third kappa shape index (κ3) is 3.67. The van der Waals surface area contributed by atoms with Gasteiger partial charge in [-0.15, -0.1) is 0 Å². The highest BCUT2D eigenvalue weighted by molar-refractivity contribution is 9.10. The fourth-order valence-corrected chi connectivity index (χ4v) is 1.56. The Morgan fingerprint density at radius 2 is 1.87 bits per heavy atom. The molecular weight excluding hydrogens is 254 g/mol. The normalized spacial score (nSPS) is 10.5. The number of amides is 1. The molecule has 3 heteroatoms. The molecule has 0 N–H and O–H groups in total. The molecule has 0 unspecified atom stereocenters. The Labute approximate surface area is 99.4 Å². The van der Waals surface area contributed by atoms with Gasteiger partial charge in [-0.2, -0.15) is 0 Å². The lowest BCUT2D eigenvalue weighted by molar-refractivity contribution is -0.119. The van der Waals surface area contributed by atoms with Crippen LogP contribution in [0.4, 0.5) is 5.69 Å². The topological polar surface area (TPSA) is 20.3 Å². The first kappa shape index (κ1) is 12.2. The van der Waals surface area contributed by atoms with Crippen LogP contribution in [0.25, 0.3) is 0 Å². The number of anilines is 1. The summed E-state index contributed by atoms with van der Waals surface area (Å²) in [6.45, 7) is 4.10. The van der Waals surface area contributed by atoms with E-state index in [1.165, 1.54) is 0 Å². The van der Waals surface area contributed by atoms with Crippen LogP contribution < -0.4 is 4.90 Å². The number of benzene rings is 1. The minimum absolute atomic E-state index is 0.160. The molecule has 0 saturated carbocycles. The quantitative estimate of drug-likeness (QED) is 0.823. The lowest BCUT2D eigenvalue weighted by atomic mass is 10.1. The molecule has 1 aromatic rings. The van der Waals surface area contributed by atoms with Crippen LogP contribution in [0.15, 0.2) is 28.7 Å². The van der Waals surface area contributed by atoms with Crippen LogP contribution in [0.3, 0.4) is 0 Å². The molecule has 0 bridgehead atoms. The van der Waals surface area contributed by atoms with Crippen LogP contribution in [-0.4, -0.2) is 13.0 Å². The SMILES string of the molecule is CC(C)CC(=O)N(C)c1ccc(Br)cc1. The van der Waals surface area contributed by atoms with Crippen molar-refractivity contribution in [2.75, 3.05) is 11.9 Å². The van der Waals surface area contributed by atoms with Crippen LogP contribution in [-0.2, 0) is 4.79 Å². The van der Waals surface area contributed by atoms with Crippen molar-refractivity contribution in [3.63, 3.8) is 0 Å². The molecule has 0 saturated heterocycles. The van der Waals surface area contributed by atoms with Gasteiger partial charge in [0, 0.05) is 23.6 Å². The number of nitrogens with zero attached hydrogens (tertiary/aromatic N) is 1. The van der Waals surface area contributed by atoms with Crippen LogP contribution >= 0.6 is 15.9 Å². The van der Waals surface area contributed by atoms with Crippen molar-refractivity contribution in [1.29, 1.82) is 0 Å². The molecule has 15 heavy (non-hydrogen) atoms. The summed E-state index contributed by atoms with van der Waals surface area (Å²) < 4.78 is 1.02. The zero-order valence-corrected chi connectivity index (χ0v) is 10.9. The molecule has 0 atom stereocenters. The summed E-state index contributed by atoms with van der Waals surface area (Å²) in [5.74, 6) is 0.558. The zero-order valence-electron chi connectivity index (χ0n) is 9.33. The first-order valence-corrected chi connectivity index (χ1v) is 5.82. The predicted octanol–water partition coefficient (Wildman–Crippen LogP) is 3.46. The van der Waals surface area contributed by atoms with E-state index < -0.39 is 0 Å². The summed E-state index contributed by atoms with van der Waals surface area (Å²) in [6.07, 6.45) is 0.590. The Balaban J connectivity index is 2.71. The largest absolute Gasteiger partial charge is 0.315 e. The molecule has 82 valence electrons. The number of rotatable bonds is 3. The highest BCUT2D eigenvalue weighted by Crippen LogP contribution is 2.18. The monoisotopic (exact) mass is 269 g/mol. The van der Waals surface area contributed by atoms with Crippen molar-refractivity contribution >= 4 is 27.5 Å². The van der Waals surface area contributed by atoms with E-state index >= 15 is 0 Å². The Bertz CT molecular complexity index is 332. The average Bonchev–Trinajstić information content (AvgIpc) is 2.17. The first-order valence-electron chi connectivity index (χ1n) is 5.03. The van der Waals surface area contributed by atoms with E-state index in [4.69, 9.17) is 0 Å². The first-order chi connectivity index (χ1) is 7.00. The van der Waals surface area contributed by atoms with E-state index in [9.17, 15) is 4.79 Å². The Morgan fingerprint density at radius 3 is 2.33 bits per heavy atom. The van der Waals surface area contributed by atoms with E-state index in [0.29, 0.717) is 12.3 Å². The minimum Gasteiger partial charge on any atom is -0.315 e. The average molecular weight is 270 g/mol. The van der Waals surface area contributed by atoms with Crippen molar-refractivity contribution < 1.29 is 4.79 Å². The molecule has 2 nitrogen and oxygen atoms in total. The fraction of sp³-hybridized carbons (Fsp3) is 0.417. The van der Waals surface area contributed by atoms with E-state index in [-0.39, 0.29) is 5.91 Å². The number of halogens is 1. The highest BCUT2D eigenvalue weighted by atomic mass is 79.9. The van der Waals surface area contributed by atoms with Crippen LogP contribution in [0, 0.1) is 5.92 Å². The van der Waals surface area contributed by atoms with E-state index in [0.717, 1.165) is 10.2 Å². The Kier molecular flexibility index (Phi) is 4.33. The molecule has 0 radical (unpaired) electrons. The summed E-state index contributed by atoms with van der Waals surface area (Å²) in [5.41, 5.74) is 0.934. The molecule has 1 rings (SSSR count). The van der Waals surface area contributed by atoms with Gasteiger partial charge in [0.15, 0.2) is 0 Å². The molecule has 1 aromatic carbocycles. The Morgan fingerprint density at radius 1 is 1.33 bits per heavy atom. The van der Waals surface area contributed by atoms with Gasteiger partial charge in [-0.3, -0.25) is 4.79 Å². The van der Waals surface area contributed by atoms with Gasteiger partial charge in [-0.25, -0.2) is 0 Å². The van der Waals surface area contributed by atoms with Crippen molar-refractivity contribution in [3.05, 3.63) is 28.7 Å². The van der Waals surface area contributed by atoms with Crippen molar-refractivity contribution in [2.24, 2.45) is 5.92 Å². The maximum Gasteiger partial charge on any atom is 0.226 e. The van der Waals surface area contributed by atoms with Gasteiger partial charge in [0.2, 0.25) is 5.91 Å². The van der Waals surface area contributed by atoms with Gasteiger partial charge in [0.25, 0.3) is 0 Å². The second-order valence-electron chi connectivity index (χ2n) is 4.03. The minimum atomic E-state index is 0.160.